The quantitative estimate of drug-likeness (QED) is 0.204. The van der Waals surface area contributed by atoms with Crippen molar-refractivity contribution in [3.63, 3.8) is 0 Å². The van der Waals surface area contributed by atoms with Crippen LogP contribution in [0, 0.1) is 10.1 Å². The Morgan fingerprint density at radius 2 is 1.74 bits per heavy atom. The minimum absolute atomic E-state index is 0.0827. The Kier molecular flexibility index (Phi) is 8.03. The summed E-state index contributed by atoms with van der Waals surface area (Å²) in [5.74, 6) is 0. The predicted octanol–water partition coefficient (Wildman–Crippen LogP) is 6.32. The molecule has 31 heavy (non-hydrogen) atoms. The first-order valence-electron chi connectivity index (χ1n) is 10.5. The molecular formula is C23H34ClN3O3Si. The van der Waals surface area contributed by atoms with Crippen LogP contribution in [-0.4, -0.2) is 30.3 Å². The molecule has 170 valence electrons. The Bertz CT molecular complexity index is 878. The van der Waals surface area contributed by atoms with E-state index in [-0.39, 0.29) is 27.3 Å². The fourth-order valence-electron chi connectivity index (χ4n) is 3.02. The Balaban J connectivity index is 2.15. The Morgan fingerprint density at radius 1 is 1.13 bits per heavy atom. The van der Waals surface area contributed by atoms with Gasteiger partial charge < -0.3 is 9.74 Å². The first-order chi connectivity index (χ1) is 14.2. The van der Waals surface area contributed by atoms with Gasteiger partial charge >= 0.3 is 0 Å². The van der Waals surface area contributed by atoms with Gasteiger partial charge in [-0.25, -0.2) is 4.98 Å². The third-order valence-corrected chi connectivity index (χ3v) is 10.6. The number of aromatic nitrogens is 1. The van der Waals surface area contributed by atoms with E-state index in [2.05, 4.69) is 58.0 Å². The van der Waals surface area contributed by atoms with Crippen molar-refractivity contribution in [1.29, 1.82) is 0 Å². The van der Waals surface area contributed by atoms with Crippen molar-refractivity contribution >= 4 is 25.6 Å². The Labute approximate surface area is 191 Å². The van der Waals surface area contributed by atoms with Crippen LogP contribution in [0.1, 0.15) is 51.8 Å². The summed E-state index contributed by atoms with van der Waals surface area (Å²) in [6.07, 6.45) is 2.36. The largest absolute Gasteiger partial charge is 0.409 e. The maximum absolute atomic E-state index is 10.9. The summed E-state index contributed by atoms with van der Waals surface area (Å²) >= 11 is 5.99. The summed E-state index contributed by atoms with van der Waals surface area (Å²) in [5.41, 5.74) is 1.91. The smallest absolute Gasteiger partial charge is 0.269 e. The van der Waals surface area contributed by atoms with Crippen molar-refractivity contribution < 1.29 is 9.35 Å². The maximum atomic E-state index is 10.9. The summed E-state index contributed by atoms with van der Waals surface area (Å²) < 4.78 is 6.73. The summed E-state index contributed by atoms with van der Waals surface area (Å²) in [5, 5.41) is 15.1. The molecule has 2 rings (SSSR count). The van der Waals surface area contributed by atoms with Gasteiger partial charge in [0, 0.05) is 30.4 Å². The number of nitrogens with zero attached hydrogens (tertiary/aromatic N) is 2. The number of nitro groups is 1. The normalized spacial score (nSPS) is 13.8. The average molecular weight is 464 g/mol. The van der Waals surface area contributed by atoms with E-state index in [9.17, 15) is 10.1 Å². The first-order valence-corrected chi connectivity index (χ1v) is 13.8. The van der Waals surface area contributed by atoms with E-state index in [0.29, 0.717) is 11.7 Å². The van der Waals surface area contributed by atoms with Crippen LogP contribution in [0.2, 0.25) is 23.3 Å². The zero-order valence-electron chi connectivity index (χ0n) is 19.5. The fourth-order valence-corrected chi connectivity index (χ4v) is 4.41. The number of non-ortho nitro benzene ring substituents is 1. The van der Waals surface area contributed by atoms with Crippen LogP contribution in [0.25, 0.3) is 0 Å². The van der Waals surface area contributed by atoms with Gasteiger partial charge in [-0.1, -0.05) is 50.6 Å². The lowest BCUT2D eigenvalue weighted by Crippen LogP contribution is -2.47. The predicted molar refractivity (Wildman–Crippen MR) is 129 cm³/mol. The highest BCUT2D eigenvalue weighted by Crippen LogP contribution is 2.39. The van der Waals surface area contributed by atoms with Crippen molar-refractivity contribution in [2.75, 3.05) is 6.54 Å². The number of nitrogens with one attached hydrogen (secondary N) is 1. The second-order valence-corrected chi connectivity index (χ2v) is 15.3. The van der Waals surface area contributed by atoms with E-state index < -0.39 is 8.32 Å². The standard InChI is InChI=1S/C23H34ClN3O3Si/c1-22(2,3)31(6,7)30-20(18-10-13-21(24)25-15-18)16-26-23(4,5)14-17-8-11-19(12-9-17)27(28)29/h8-13,15,20,26H,14,16H2,1-7H3/t20-/m0/s1. The zero-order chi connectivity index (χ0) is 23.4. The number of benzene rings is 1. The van der Waals surface area contributed by atoms with Crippen LogP contribution in [0.4, 0.5) is 5.69 Å². The van der Waals surface area contributed by atoms with E-state index in [1.165, 1.54) is 0 Å². The summed E-state index contributed by atoms with van der Waals surface area (Å²) in [4.78, 5) is 14.8. The molecule has 0 aliphatic rings. The highest BCUT2D eigenvalue weighted by atomic mass is 35.5. The van der Waals surface area contributed by atoms with Gasteiger partial charge in [0.05, 0.1) is 11.0 Å². The van der Waals surface area contributed by atoms with Gasteiger partial charge in [0.1, 0.15) is 5.15 Å². The molecule has 0 aliphatic carbocycles. The fraction of sp³-hybridized carbons (Fsp3) is 0.522. The van der Waals surface area contributed by atoms with Crippen molar-refractivity contribution in [2.24, 2.45) is 0 Å². The molecular weight excluding hydrogens is 430 g/mol. The van der Waals surface area contributed by atoms with Crippen LogP contribution >= 0.6 is 11.6 Å². The van der Waals surface area contributed by atoms with Crippen molar-refractivity contribution in [2.45, 2.75) is 70.8 Å². The van der Waals surface area contributed by atoms with Crippen LogP contribution in [0.3, 0.4) is 0 Å². The molecule has 0 spiro atoms. The molecule has 1 N–H and O–H groups in total. The molecule has 1 aromatic carbocycles. The lowest BCUT2D eigenvalue weighted by atomic mass is 9.94. The Morgan fingerprint density at radius 3 is 2.23 bits per heavy atom. The van der Waals surface area contributed by atoms with Crippen LogP contribution in [0.5, 0.6) is 0 Å². The SMILES string of the molecule is CC(C)(Cc1ccc([N+](=O)[O-])cc1)NC[C@H](O[Si](C)(C)C(C)(C)C)c1ccc(Cl)nc1. The van der Waals surface area contributed by atoms with Crippen molar-refractivity contribution in [3.8, 4) is 0 Å². The molecule has 0 saturated heterocycles. The number of halogens is 1. The molecule has 1 heterocycles. The van der Waals surface area contributed by atoms with E-state index in [1.807, 2.05) is 18.2 Å². The van der Waals surface area contributed by atoms with Crippen molar-refractivity contribution in [1.82, 2.24) is 10.3 Å². The average Bonchev–Trinajstić information content (AvgIpc) is 2.65. The maximum Gasteiger partial charge on any atom is 0.269 e. The van der Waals surface area contributed by atoms with Gasteiger partial charge in [0.25, 0.3) is 5.69 Å². The highest BCUT2D eigenvalue weighted by Gasteiger charge is 2.39. The number of hydrogen-bond acceptors (Lipinski definition) is 5. The van der Waals surface area contributed by atoms with Gasteiger partial charge in [-0.05, 0) is 55.6 Å². The molecule has 1 atom stereocenters. The molecule has 0 amide bonds. The molecule has 0 unspecified atom stereocenters. The second-order valence-electron chi connectivity index (χ2n) is 10.1. The van der Waals surface area contributed by atoms with Gasteiger partial charge in [-0.3, -0.25) is 10.1 Å². The van der Waals surface area contributed by atoms with Gasteiger partial charge in [-0.2, -0.15) is 0 Å². The number of hydrogen-bond donors (Lipinski definition) is 1. The number of rotatable bonds is 9. The zero-order valence-corrected chi connectivity index (χ0v) is 21.3. The minimum Gasteiger partial charge on any atom is -0.409 e. The molecule has 0 saturated carbocycles. The van der Waals surface area contributed by atoms with E-state index >= 15 is 0 Å². The molecule has 1 aromatic heterocycles. The number of pyridine rings is 1. The lowest BCUT2D eigenvalue weighted by molar-refractivity contribution is -0.384. The molecule has 2 aromatic rings. The van der Waals surface area contributed by atoms with Crippen LogP contribution in [0.15, 0.2) is 42.6 Å². The van der Waals surface area contributed by atoms with Gasteiger partial charge in [0.2, 0.25) is 0 Å². The van der Waals surface area contributed by atoms with E-state index in [1.54, 1.807) is 24.4 Å². The Hall–Kier alpha value is -1.80. The number of nitro benzene ring substituents is 1. The minimum atomic E-state index is -2.02. The summed E-state index contributed by atoms with van der Waals surface area (Å²) in [6, 6.07) is 10.5. The summed E-state index contributed by atoms with van der Waals surface area (Å²) in [6.45, 7) is 16.0. The van der Waals surface area contributed by atoms with E-state index in [0.717, 1.165) is 17.5 Å². The molecule has 0 aliphatic heterocycles. The van der Waals surface area contributed by atoms with Gasteiger partial charge in [-0.15, -0.1) is 0 Å². The molecule has 6 nitrogen and oxygen atoms in total. The molecule has 0 fully saturated rings. The lowest BCUT2D eigenvalue weighted by Gasteiger charge is -2.40. The third kappa shape index (κ3) is 7.38. The molecule has 0 bridgehead atoms. The first kappa shape index (κ1) is 25.5. The summed E-state index contributed by atoms with van der Waals surface area (Å²) in [7, 11) is -2.02. The third-order valence-electron chi connectivity index (χ3n) is 5.92. The topological polar surface area (TPSA) is 77.3 Å². The van der Waals surface area contributed by atoms with E-state index in [4.69, 9.17) is 16.0 Å². The second kappa shape index (κ2) is 9.77. The molecule has 8 heteroatoms. The van der Waals surface area contributed by atoms with Crippen molar-refractivity contribution in [3.05, 3.63) is 69.0 Å². The monoisotopic (exact) mass is 463 g/mol. The van der Waals surface area contributed by atoms with Crippen LogP contribution < -0.4 is 5.32 Å². The molecule has 0 radical (unpaired) electrons. The van der Waals surface area contributed by atoms with Gasteiger partial charge in [0.15, 0.2) is 8.32 Å². The van der Waals surface area contributed by atoms with Crippen LogP contribution in [-0.2, 0) is 10.8 Å². The highest BCUT2D eigenvalue weighted by molar-refractivity contribution is 6.74.